The van der Waals surface area contributed by atoms with Gasteiger partial charge in [0, 0.05) is 47.2 Å². The Labute approximate surface area is 172 Å². The second-order valence-electron chi connectivity index (χ2n) is 6.66. The minimum Gasteiger partial charge on any atom is -0.312 e. The monoisotopic (exact) mass is 411 g/mol. The molecule has 4 rings (SSSR count). The highest BCUT2D eigenvalue weighted by Gasteiger charge is 2.23. The summed E-state index contributed by atoms with van der Waals surface area (Å²) in [5, 5.41) is 4.13. The van der Waals surface area contributed by atoms with Gasteiger partial charge in [0.2, 0.25) is 5.91 Å². The molecule has 1 N–H and O–H groups in total. The van der Waals surface area contributed by atoms with E-state index in [1.54, 1.807) is 24.1 Å². The second kappa shape index (κ2) is 7.73. The molecule has 1 aliphatic rings. The first-order valence-electron chi connectivity index (χ1n) is 8.91. The maximum Gasteiger partial charge on any atom is 0.257 e. The van der Waals surface area contributed by atoms with E-state index in [1.165, 1.54) is 11.3 Å². The number of carbonyl (C=O) groups is 2. The van der Waals surface area contributed by atoms with E-state index in [2.05, 4.69) is 10.3 Å². The summed E-state index contributed by atoms with van der Waals surface area (Å²) in [7, 11) is 0. The van der Waals surface area contributed by atoms with Crippen LogP contribution in [0.3, 0.4) is 0 Å². The highest BCUT2D eigenvalue weighted by Crippen LogP contribution is 2.29. The number of hydrogen-bond donors (Lipinski definition) is 1. The van der Waals surface area contributed by atoms with E-state index in [9.17, 15) is 9.59 Å². The highest BCUT2D eigenvalue weighted by atomic mass is 35.5. The van der Waals surface area contributed by atoms with E-state index >= 15 is 0 Å². The van der Waals surface area contributed by atoms with Gasteiger partial charge in [0.1, 0.15) is 0 Å². The maximum absolute atomic E-state index is 12.6. The van der Waals surface area contributed by atoms with Gasteiger partial charge in [-0.05, 0) is 47.9 Å². The van der Waals surface area contributed by atoms with Crippen molar-refractivity contribution in [1.29, 1.82) is 0 Å². The summed E-state index contributed by atoms with van der Waals surface area (Å²) in [6, 6.07) is 13.1. The predicted molar refractivity (Wildman–Crippen MR) is 112 cm³/mol. The zero-order valence-corrected chi connectivity index (χ0v) is 16.8. The Balaban J connectivity index is 1.45. The van der Waals surface area contributed by atoms with Gasteiger partial charge in [0.25, 0.3) is 5.91 Å². The topological polar surface area (TPSA) is 62.3 Å². The third-order valence-electron chi connectivity index (χ3n) is 4.66. The predicted octanol–water partition coefficient (Wildman–Crippen LogP) is 4.55. The lowest BCUT2D eigenvalue weighted by Crippen LogP contribution is -2.25. The second-order valence-corrected chi connectivity index (χ2v) is 8.21. The number of anilines is 2. The molecule has 0 saturated heterocycles. The van der Waals surface area contributed by atoms with Crippen molar-refractivity contribution in [2.45, 2.75) is 19.8 Å². The number of hydrogen-bond acceptors (Lipinski definition) is 4. The number of rotatable bonds is 4. The van der Waals surface area contributed by atoms with E-state index < -0.39 is 0 Å². The number of thiazole rings is 1. The number of nitrogens with zero attached hydrogens (tertiary/aromatic N) is 2. The van der Waals surface area contributed by atoms with Crippen LogP contribution in [0.5, 0.6) is 0 Å². The number of fused-ring (bicyclic) bond motifs is 1. The molecule has 2 heterocycles. The standard InChI is InChI=1S/C21H18ClN3O2S/c1-13(26)25-8-7-15-11-16(5-6-19(15)25)20(27)24-21-23-12-18(28-21)10-14-3-2-4-17(22)9-14/h2-6,9,11-12H,7-8,10H2,1H3,(H,23,24,27). The van der Waals surface area contributed by atoms with Crippen LogP contribution < -0.4 is 10.2 Å². The van der Waals surface area contributed by atoms with Crippen LogP contribution in [0.1, 0.15) is 33.3 Å². The molecule has 0 spiro atoms. The third-order valence-corrected chi connectivity index (χ3v) is 5.81. The Morgan fingerprint density at radius 2 is 2.11 bits per heavy atom. The molecule has 2 aromatic carbocycles. The zero-order valence-electron chi connectivity index (χ0n) is 15.2. The van der Waals surface area contributed by atoms with Gasteiger partial charge in [0.05, 0.1) is 0 Å². The number of benzene rings is 2. The minimum absolute atomic E-state index is 0.0194. The number of halogens is 1. The van der Waals surface area contributed by atoms with Crippen molar-refractivity contribution < 1.29 is 9.59 Å². The Kier molecular flexibility index (Phi) is 5.15. The van der Waals surface area contributed by atoms with Gasteiger partial charge in [-0.15, -0.1) is 11.3 Å². The normalized spacial score (nSPS) is 12.7. The quantitative estimate of drug-likeness (QED) is 0.685. The van der Waals surface area contributed by atoms with E-state index in [-0.39, 0.29) is 11.8 Å². The Morgan fingerprint density at radius 1 is 1.25 bits per heavy atom. The van der Waals surface area contributed by atoms with E-state index in [0.717, 1.165) is 28.1 Å². The first-order chi connectivity index (χ1) is 13.5. The van der Waals surface area contributed by atoms with Crippen LogP contribution >= 0.6 is 22.9 Å². The molecule has 3 aromatic rings. The molecule has 0 radical (unpaired) electrons. The molecule has 0 bridgehead atoms. The van der Waals surface area contributed by atoms with Gasteiger partial charge < -0.3 is 4.90 Å². The van der Waals surface area contributed by atoms with Crippen molar-refractivity contribution in [3.05, 3.63) is 75.3 Å². The van der Waals surface area contributed by atoms with Gasteiger partial charge in [0.15, 0.2) is 5.13 Å². The largest absolute Gasteiger partial charge is 0.312 e. The third kappa shape index (κ3) is 3.93. The molecule has 1 aromatic heterocycles. The van der Waals surface area contributed by atoms with Crippen molar-refractivity contribution in [3.8, 4) is 0 Å². The average molecular weight is 412 g/mol. The van der Waals surface area contributed by atoms with Gasteiger partial charge in [-0.2, -0.15) is 0 Å². The molecule has 142 valence electrons. The fraction of sp³-hybridized carbons (Fsp3) is 0.190. The Hall–Kier alpha value is -2.70. The summed E-state index contributed by atoms with van der Waals surface area (Å²) in [5.41, 5.74) is 3.57. The lowest BCUT2D eigenvalue weighted by Gasteiger charge is -2.14. The zero-order chi connectivity index (χ0) is 19.7. The summed E-state index contributed by atoms with van der Waals surface area (Å²) < 4.78 is 0. The van der Waals surface area contributed by atoms with Crippen LogP contribution in [0.15, 0.2) is 48.7 Å². The molecule has 0 aliphatic carbocycles. The van der Waals surface area contributed by atoms with Crippen LogP contribution in [0.4, 0.5) is 10.8 Å². The number of nitrogens with one attached hydrogen (secondary N) is 1. The molecule has 0 unspecified atom stereocenters. The lowest BCUT2D eigenvalue weighted by atomic mass is 10.1. The molecule has 0 fully saturated rings. The van der Waals surface area contributed by atoms with Crippen molar-refractivity contribution in [2.24, 2.45) is 0 Å². The fourth-order valence-electron chi connectivity index (χ4n) is 3.33. The molecule has 2 amide bonds. The van der Waals surface area contributed by atoms with Crippen LogP contribution in [0, 0.1) is 0 Å². The molecule has 28 heavy (non-hydrogen) atoms. The Bertz CT molecular complexity index is 1060. The van der Waals surface area contributed by atoms with Crippen LogP contribution in [-0.2, 0) is 17.6 Å². The van der Waals surface area contributed by atoms with Gasteiger partial charge in [-0.25, -0.2) is 4.98 Å². The lowest BCUT2D eigenvalue weighted by molar-refractivity contribution is -0.116. The summed E-state index contributed by atoms with van der Waals surface area (Å²) in [5.74, 6) is -0.182. The summed E-state index contributed by atoms with van der Waals surface area (Å²) in [6.07, 6.45) is 3.25. The molecular formula is C21H18ClN3O2S. The van der Waals surface area contributed by atoms with Crippen molar-refractivity contribution >= 4 is 45.6 Å². The highest BCUT2D eigenvalue weighted by molar-refractivity contribution is 7.15. The number of aromatic nitrogens is 1. The Morgan fingerprint density at radius 3 is 2.89 bits per heavy atom. The fourth-order valence-corrected chi connectivity index (χ4v) is 4.39. The molecule has 1 aliphatic heterocycles. The average Bonchev–Trinajstić information content (AvgIpc) is 3.27. The van der Waals surface area contributed by atoms with Gasteiger partial charge in [-0.3, -0.25) is 14.9 Å². The molecule has 0 saturated carbocycles. The first-order valence-corrected chi connectivity index (χ1v) is 10.1. The van der Waals surface area contributed by atoms with E-state index in [0.29, 0.717) is 28.7 Å². The van der Waals surface area contributed by atoms with Crippen molar-refractivity contribution in [2.75, 3.05) is 16.8 Å². The van der Waals surface area contributed by atoms with Gasteiger partial charge in [-0.1, -0.05) is 23.7 Å². The molecule has 0 atom stereocenters. The van der Waals surface area contributed by atoms with Crippen LogP contribution in [-0.4, -0.2) is 23.3 Å². The maximum atomic E-state index is 12.6. The van der Waals surface area contributed by atoms with Gasteiger partial charge >= 0.3 is 0 Å². The molecular weight excluding hydrogens is 394 g/mol. The van der Waals surface area contributed by atoms with Crippen molar-refractivity contribution in [1.82, 2.24) is 4.98 Å². The first kappa shape index (κ1) is 18.7. The summed E-state index contributed by atoms with van der Waals surface area (Å²) in [4.78, 5) is 31.3. The van der Waals surface area contributed by atoms with E-state index in [1.807, 2.05) is 36.4 Å². The summed E-state index contributed by atoms with van der Waals surface area (Å²) in [6.45, 7) is 2.22. The smallest absolute Gasteiger partial charge is 0.257 e. The molecule has 7 heteroatoms. The number of carbonyl (C=O) groups excluding carboxylic acids is 2. The van der Waals surface area contributed by atoms with E-state index in [4.69, 9.17) is 11.6 Å². The van der Waals surface area contributed by atoms with Crippen LogP contribution in [0.2, 0.25) is 5.02 Å². The van der Waals surface area contributed by atoms with Crippen molar-refractivity contribution in [3.63, 3.8) is 0 Å². The number of amides is 2. The minimum atomic E-state index is -0.201. The summed E-state index contributed by atoms with van der Waals surface area (Å²) >= 11 is 7.48. The van der Waals surface area contributed by atoms with Crippen LogP contribution in [0.25, 0.3) is 0 Å². The molecule has 5 nitrogen and oxygen atoms in total. The SMILES string of the molecule is CC(=O)N1CCc2cc(C(=O)Nc3ncc(Cc4cccc(Cl)c4)s3)ccc21.